The summed E-state index contributed by atoms with van der Waals surface area (Å²) in [6.45, 7) is 4.10. The number of hydrogen-bond donors (Lipinski definition) is 1. The van der Waals surface area contributed by atoms with Crippen LogP contribution in [0.4, 0.5) is 14.9 Å². The van der Waals surface area contributed by atoms with Crippen molar-refractivity contribution in [1.82, 2.24) is 9.80 Å². The highest BCUT2D eigenvalue weighted by atomic mass is 19.1. The van der Waals surface area contributed by atoms with Gasteiger partial charge in [0.2, 0.25) is 5.91 Å². The summed E-state index contributed by atoms with van der Waals surface area (Å²) < 4.78 is 18.9. The number of amides is 3. The maximum absolute atomic E-state index is 13.2. The fraction of sp³-hybridized carbons (Fsp3) is 0.333. The summed E-state index contributed by atoms with van der Waals surface area (Å²) in [4.78, 5) is 27.5. The highest BCUT2D eigenvalue weighted by Gasteiger charge is 2.20. The molecule has 1 aliphatic rings. The van der Waals surface area contributed by atoms with Crippen LogP contribution in [0.3, 0.4) is 0 Å². The minimum Gasteiger partial charge on any atom is -0.489 e. The zero-order valence-corrected chi connectivity index (χ0v) is 15.9. The van der Waals surface area contributed by atoms with Crippen molar-refractivity contribution in [3.05, 3.63) is 59.9 Å². The molecule has 0 spiro atoms. The van der Waals surface area contributed by atoms with Crippen molar-refractivity contribution in [2.45, 2.75) is 20.0 Å². The van der Waals surface area contributed by atoms with E-state index in [1.54, 1.807) is 53.1 Å². The lowest BCUT2D eigenvalue weighted by Gasteiger charge is -2.22. The minimum atomic E-state index is -0.303. The van der Waals surface area contributed by atoms with Gasteiger partial charge in [0.05, 0.1) is 0 Å². The van der Waals surface area contributed by atoms with E-state index in [2.05, 4.69) is 5.32 Å². The fourth-order valence-electron chi connectivity index (χ4n) is 3.10. The monoisotopic (exact) mass is 385 g/mol. The Morgan fingerprint density at radius 1 is 1.04 bits per heavy atom. The third-order valence-electron chi connectivity index (χ3n) is 4.61. The Bertz CT molecular complexity index is 843. The van der Waals surface area contributed by atoms with Crippen molar-refractivity contribution in [2.75, 3.05) is 31.5 Å². The van der Waals surface area contributed by atoms with E-state index in [1.807, 2.05) is 0 Å². The van der Waals surface area contributed by atoms with Gasteiger partial charge >= 0.3 is 6.03 Å². The lowest BCUT2D eigenvalue weighted by atomic mass is 10.2. The molecule has 0 atom stereocenters. The molecule has 1 saturated heterocycles. The highest BCUT2D eigenvalue weighted by molar-refractivity contribution is 5.89. The summed E-state index contributed by atoms with van der Waals surface area (Å²) in [5.74, 6) is 0.314. The SMILES string of the molecule is CC(=O)N1CCCN(C(=O)Nc2cccc(OCc3cccc(F)c3)c2)CC1. The van der Waals surface area contributed by atoms with Gasteiger partial charge in [-0.05, 0) is 36.2 Å². The van der Waals surface area contributed by atoms with Crippen LogP contribution < -0.4 is 10.1 Å². The quantitative estimate of drug-likeness (QED) is 0.876. The molecule has 1 fully saturated rings. The number of halogens is 1. The van der Waals surface area contributed by atoms with Crippen LogP contribution in [0, 0.1) is 5.82 Å². The normalized spacial score (nSPS) is 14.4. The van der Waals surface area contributed by atoms with Crippen molar-refractivity contribution < 1.29 is 18.7 Å². The molecule has 3 rings (SSSR count). The van der Waals surface area contributed by atoms with Crippen molar-refractivity contribution in [3.8, 4) is 5.75 Å². The number of nitrogens with zero attached hydrogens (tertiary/aromatic N) is 2. The van der Waals surface area contributed by atoms with E-state index >= 15 is 0 Å². The largest absolute Gasteiger partial charge is 0.489 e. The van der Waals surface area contributed by atoms with Gasteiger partial charge in [-0.1, -0.05) is 18.2 Å². The van der Waals surface area contributed by atoms with Crippen LogP contribution >= 0.6 is 0 Å². The molecule has 6 nitrogen and oxygen atoms in total. The first-order chi connectivity index (χ1) is 13.5. The molecule has 2 aromatic rings. The van der Waals surface area contributed by atoms with E-state index in [4.69, 9.17) is 4.74 Å². The zero-order valence-electron chi connectivity index (χ0n) is 15.9. The Morgan fingerprint density at radius 2 is 1.79 bits per heavy atom. The van der Waals surface area contributed by atoms with Crippen LogP contribution in [0.15, 0.2) is 48.5 Å². The van der Waals surface area contributed by atoms with Gasteiger partial charge in [-0.3, -0.25) is 4.79 Å². The van der Waals surface area contributed by atoms with E-state index in [1.165, 1.54) is 12.1 Å². The molecule has 0 aliphatic carbocycles. The fourth-order valence-corrected chi connectivity index (χ4v) is 3.10. The smallest absolute Gasteiger partial charge is 0.321 e. The van der Waals surface area contributed by atoms with E-state index < -0.39 is 0 Å². The maximum atomic E-state index is 13.2. The van der Waals surface area contributed by atoms with Crippen molar-refractivity contribution in [2.24, 2.45) is 0 Å². The standard InChI is InChI=1S/C21H24FN3O3/c1-16(26)24-9-4-10-25(12-11-24)21(27)23-19-7-3-8-20(14-19)28-15-17-5-2-6-18(22)13-17/h2-3,5-8,13-14H,4,9-12,15H2,1H3,(H,23,27). The minimum absolute atomic E-state index is 0.0328. The Hall–Kier alpha value is -3.09. The Morgan fingerprint density at radius 3 is 2.57 bits per heavy atom. The average Bonchev–Trinajstić information content (AvgIpc) is 2.93. The number of nitrogens with one attached hydrogen (secondary N) is 1. The summed E-state index contributed by atoms with van der Waals surface area (Å²) in [5, 5.41) is 2.87. The molecule has 0 unspecified atom stereocenters. The zero-order chi connectivity index (χ0) is 19.9. The topological polar surface area (TPSA) is 61.9 Å². The van der Waals surface area contributed by atoms with Crippen LogP contribution in [0.1, 0.15) is 18.9 Å². The predicted molar refractivity (Wildman–Crippen MR) is 105 cm³/mol. The van der Waals surface area contributed by atoms with Crippen molar-refractivity contribution in [1.29, 1.82) is 0 Å². The van der Waals surface area contributed by atoms with Gasteiger partial charge in [-0.2, -0.15) is 0 Å². The van der Waals surface area contributed by atoms with Crippen LogP contribution in [0.2, 0.25) is 0 Å². The van der Waals surface area contributed by atoms with E-state index in [9.17, 15) is 14.0 Å². The maximum Gasteiger partial charge on any atom is 0.321 e. The lowest BCUT2D eigenvalue weighted by molar-refractivity contribution is -0.128. The summed E-state index contributed by atoms with van der Waals surface area (Å²) in [6, 6.07) is 13.1. The molecule has 1 heterocycles. The molecule has 1 N–H and O–H groups in total. The third-order valence-corrected chi connectivity index (χ3v) is 4.61. The van der Waals surface area contributed by atoms with Crippen LogP contribution in [0.25, 0.3) is 0 Å². The Balaban J connectivity index is 1.56. The Kier molecular flexibility index (Phi) is 6.47. The lowest BCUT2D eigenvalue weighted by Crippen LogP contribution is -2.38. The molecular weight excluding hydrogens is 361 g/mol. The van der Waals surface area contributed by atoms with Crippen LogP contribution in [-0.4, -0.2) is 47.9 Å². The summed E-state index contributed by atoms with van der Waals surface area (Å²) >= 11 is 0. The number of ether oxygens (including phenoxy) is 1. The molecule has 0 bridgehead atoms. The number of anilines is 1. The molecule has 0 radical (unpaired) electrons. The number of benzene rings is 2. The molecular formula is C21H24FN3O3. The van der Waals surface area contributed by atoms with Gasteiger partial charge in [-0.15, -0.1) is 0 Å². The van der Waals surface area contributed by atoms with Crippen LogP contribution in [0.5, 0.6) is 5.75 Å². The van der Waals surface area contributed by atoms with Crippen molar-refractivity contribution in [3.63, 3.8) is 0 Å². The second kappa shape index (κ2) is 9.21. The second-order valence-electron chi connectivity index (χ2n) is 6.72. The van der Waals surface area contributed by atoms with Crippen molar-refractivity contribution >= 4 is 17.6 Å². The van der Waals surface area contributed by atoms with Gasteiger partial charge in [0.1, 0.15) is 18.2 Å². The number of carbonyl (C=O) groups is 2. The first-order valence-electron chi connectivity index (χ1n) is 9.30. The van der Waals surface area contributed by atoms with E-state index in [-0.39, 0.29) is 24.4 Å². The first-order valence-corrected chi connectivity index (χ1v) is 9.30. The van der Waals surface area contributed by atoms with E-state index in [0.29, 0.717) is 37.6 Å². The summed E-state index contributed by atoms with van der Waals surface area (Å²) in [6.07, 6.45) is 0.754. The van der Waals surface area contributed by atoms with Gasteiger partial charge in [0.25, 0.3) is 0 Å². The number of hydrogen-bond acceptors (Lipinski definition) is 3. The average molecular weight is 385 g/mol. The van der Waals surface area contributed by atoms with Gasteiger partial charge < -0.3 is 19.9 Å². The molecule has 0 saturated carbocycles. The number of carbonyl (C=O) groups excluding carboxylic acids is 2. The van der Waals surface area contributed by atoms with Gasteiger partial charge in [-0.25, -0.2) is 9.18 Å². The summed E-state index contributed by atoms with van der Waals surface area (Å²) in [7, 11) is 0. The molecule has 0 aromatic heterocycles. The van der Waals surface area contributed by atoms with Gasteiger partial charge in [0, 0.05) is 44.9 Å². The first kappa shape index (κ1) is 19.7. The third kappa shape index (κ3) is 5.45. The molecule has 7 heteroatoms. The Labute approximate surface area is 163 Å². The second-order valence-corrected chi connectivity index (χ2v) is 6.72. The molecule has 28 heavy (non-hydrogen) atoms. The predicted octanol–water partition coefficient (Wildman–Crippen LogP) is 3.49. The number of urea groups is 1. The summed E-state index contributed by atoms with van der Waals surface area (Å²) in [5.41, 5.74) is 1.35. The van der Waals surface area contributed by atoms with Crippen LogP contribution in [-0.2, 0) is 11.4 Å². The molecule has 148 valence electrons. The molecule has 2 aromatic carbocycles. The number of rotatable bonds is 4. The highest BCUT2D eigenvalue weighted by Crippen LogP contribution is 2.19. The van der Waals surface area contributed by atoms with Gasteiger partial charge in [0.15, 0.2) is 0 Å². The molecule has 1 aliphatic heterocycles. The van der Waals surface area contributed by atoms with E-state index in [0.717, 1.165) is 12.0 Å². The molecule has 3 amide bonds.